The smallest absolute Gasteiger partial charge is 0.0203 e. The minimum Gasteiger partial charge on any atom is -0.313 e. The van der Waals surface area contributed by atoms with Crippen molar-refractivity contribution in [2.24, 2.45) is 5.41 Å². The second-order valence-electron chi connectivity index (χ2n) is 5.55. The largest absolute Gasteiger partial charge is 0.313 e. The predicted molar refractivity (Wildman–Crippen MR) is 67.1 cm³/mol. The molecule has 15 heavy (non-hydrogen) atoms. The number of rotatable bonds is 6. The maximum Gasteiger partial charge on any atom is 0.0203 e. The average molecular weight is 210 g/mol. The second kappa shape index (κ2) is 5.66. The van der Waals surface area contributed by atoms with Crippen molar-refractivity contribution in [3.8, 4) is 0 Å². The van der Waals surface area contributed by atoms with Crippen LogP contribution in [0.3, 0.4) is 0 Å². The molecule has 0 aromatic carbocycles. The van der Waals surface area contributed by atoms with E-state index in [2.05, 4.69) is 37.6 Å². The lowest BCUT2D eigenvalue weighted by Gasteiger charge is -2.20. The van der Waals surface area contributed by atoms with E-state index in [1.165, 1.54) is 31.5 Å². The molecule has 0 atom stereocenters. The Hall–Kier alpha value is -0.340. The van der Waals surface area contributed by atoms with Crippen molar-refractivity contribution >= 4 is 0 Å². The molecule has 0 unspecified atom stereocenters. The third kappa shape index (κ3) is 4.80. The molecule has 0 aliphatic carbocycles. The van der Waals surface area contributed by atoms with Gasteiger partial charge in [0.05, 0.1) is 0 Å². The molecule has 1 N–H and O–H groups in total. The summed E-state index contributed by atoms with van der Waals surface area (Å²) in [6.07, 6.45) is 2.52. The van der Waals surface area contributed by atoms with Gasteiger partial charge in [0.25, 0.3) is 0 Å². The maximum atomic E-state index is 4.13. The Morgan fingerprint density at radius 2 is 2.20 bits per heavy atom. The third-order valence-electron chi connectivity index (χ3n) is 3.01. The summed E-state index contributed by atoms with van der Waals surface area (Å²) >= 11 is 0. The van der Waals surface area contributed by atoms with Gasteiger partial charge in [0.15, 0.2) is 0 Å². The van der Waals surface area contributed by atoms with E-state index in [9.17, 15) is 0 Å². The molecule has 1 fully saturated rings. The van der Waals surface area contributed by atoms with Gasteiger partial charge in [-0.3, -0.25) is 4.90 Å². The highest BCUT2D eigenvalue weighted by Crippen LogP contribution is 2.28. The highest BCUT2D eigenvalue weighted by Gasteiger charge is 2.28. The lowest BCUT2D eigenvalue weighted by molar-refractivity contribution is 0.308. The number of hydrogen-bond acceptors (Lipinski definition) is 2. The Morgan fingerprint density at radius 1 is 1.47 bits per heavy atom. The topological polar surface area (TPSA) is 15.3 Å². The Kier molecular flexibility index (Phi) is 4.81. The molecule has 0 saturated carbocycles. The Balaban J connectivity index is 2.16. The summed E-state index contributed by atoms with van der Waals surface area (Å²) in [5.41, 5.74) is 1.83. The summed E-state index contributed by atoms with van der Waals surface area (Å²) < 4.78 is 0. The molecular formula is C13H26N2. The Morgan fingerprint density at radius 3 is 2.73 bits per heavy atom. The molecule has 0 spiro atoms. The third-order valence-corrected chi connectivity index (χ3v) is 3.01. The van der Waals surface area contributed by atoms with Gasteiger partial charge >= 0.3 is 0 Å². The molecule has 1 heterocycles. The molecule has 0 aromatic rings. The van der Waals surface area contributed by atoms with Gasteiger partial charge in [-0.05, 0) is 36.9 Å². The maximum absolute atomic E-state index is 4.13. The van der Waals surface area contributed by atoms with Gasteiger partial charge in [-0.1, -0.05) is 27.4 Å². The zero-order chi connectivity index (χ0) is 11.3. The molecule has 88 valence electrons. The highest BCUT2D eigenvalue weighted by atomic mass is 15.2. The monoisotopic (exact) mass is 210 g/mol. The van der Waals surface area contributed by atoms with Gasteiger partial charge in [-0.15, -0.1) is 0 Å². The van der Waals surface area contributed by atoms with Crippen LogP contribution in [0.5, 0.6) is 0 Å². The van der Waals surface area contributed by atoms with E-state index in [1.54, 1.807) is 0 Å². The van der Waals surface area contributed by atoms with Crippen LogP contribution in [0.1, 0.15) is 33.6 Å². The van der Waals surface area contributed by atoms with Crippen molar-refractivity contribution < 1.29 is 0 Å². The van der Waals surface area contributed by atoms with Crippen molar-refractivity contribution in [1.82, 2.24) is 10.2 Å². The summed E-state index contributed by atoms with van der Waals surface area (Å²) in [6.45, 7) is 16.6. The first kappa shape index (κ1) is 12.7. The van der Waals surface area contributed by atoms with E-state index in [-0.39, 0.29) is 0 Å². The number of nitrogens with zero attached hydrogens (tertiary/aromatic N) is 1. The lowest BCUT2D eigenvalue weighted by atomic mass is 9.93. The first-order valence-electron chi connectivity index (χ1n) is 6.13. The van der Waals surface area contributed by atoms with E-state index in [4.69, 9.17) is 0 Å². The number of nitrogens with one attached hydrogen (secondary N) is 1. The molecule has 0 radical (unpaired) electrons. The van der Waals surface area contributed by atoms with Crippen molar-refractivity contribution in [1.29, 1.82) is 0 Å². The van der Waals surface area contributed by atoms with Crippen molar-refractivity contribution in [2.75, 3.05) is 32.7 Å². The number of likely N-dealkylation sites (tertiary alicyclic amines) is 1. The molecule has 2 nitrogen and oxygen atoms in total. The molecule has 1 aliphatic heterocycles. The Labute approximate surface area is 94.7 Å². The van der Waals surface area contributed by atoms with Gasteiger partial charge in [0.1, 0.15) is 0 Å². The van der Waals surface area contributed by atoms with E-state index >= 15 is 0 Å². The fourth-order valence-corrected chi connectivity index (χ4v) is 2.17. The zero-order valence-corrected chi connectivity index (χ0v) is 10.6. The summed E-state index contributed by atoms with van der Waals surface area (Å²) in [5.74, 6) is 0. The number of hydrogen-bond donors (Lipinski definition) is 1. The highest BCUT2D eigenvalue weighted by molar-refractivity contribution is 5.01. The fourth-order valence-electron chi connectivity index (χ4n) is 2.17. The van der Waals surface area contributed by atoms with Crippen LogP contribution in [0, 0.1) is 5.41 Å². The van der Waals surface area contributed by atoms with Crippen molar-refractivity contribution in [3.63, 3.8) is 0 Å². The quantitative estimate of drug-likeness (QED) is 0.534. The minimum absolute atomic E-state index is 0.511. The standard InChI is InChI=1S/C13H26N2/c1-5-7-14-9-12(2)10-15-8-6-13(3,4)11-15/h14H,2,5-11H2,1,3-4H3. The van der Waals surface area contributed by atoms with Gasteiger partial charge in [-0.2, -0.15) is 0 Å². The molecule has 0 bridgehead atoms. The van der Waals surface area contributed by atoms with E-state index in [0.29, 0.717) is 5.41 Å². The average Bonchev–Trinajstić information content (AvgIpc) is 2.46. The van der Waals surface area contributed by atoms with Crippen LogP contribution in [0.15, 0.2) is 12.2 Å². The second-order valence-corrected chi connectivity index (χ2v) is 5.55. The normalized spacial score (nSPS) is 20.7. The van der Waals surface area contributed by atoms with Crippen molar-refractivity contribution in [2.45, 2.75) is 33.6 Å². The van der Waals surface area contributed by atoms with Crippen LogP contribution in [-0.2, 0) is 0 Å². The Bertz CT molecular complexity index is 209. The van der Waals surface area contributed by atoms with Gasteiger partial charge < -0.3 is 5.32 Å². The van der Waals surface area contributed by atoms with Crippen LogP contribution in [-0.4, -0.2) is 37.6 Å². The SMILES string of the molecule is C=C(CNCCC)CN1CCC(C)(C)C1. The molecule has 0 amide bonds. The predicted octanol–water partition coefficient (Wildman–Crippen LogP) is 2.27. The van der Waals surface area contributed by atoms with Crippen LogP contribution in [0.4, 0.5) is 0 Å². The molecule has 1 aliphatic rings. The first-order valence-corrected chi connectivity index (χ1v) is 6.13. The molecule has 0 aromatic heterocycles. The van der Waals surface area contributed by atoms with E-state index in [1.807, 2.05) is 0 Å². The van der Waals surface area contributed by atoms with E-state index in [0.717, 1.165) is 19.6 Å². The van der Waals surface area contributed by atoms with Crippen molar-refractivity contribution in [3.05, 3.63) is 12.2 Å². The zero-order valence-electron chi connectivity index (χ0n) is 10.6. The van der Waals surface area contributed by atoms with Gasteiger partial charge in [0, 0.05) is 19.6 Å². The van der Waals surface area contributed by atoms with Crippen LogP contribution >= 0.6 is 0 Å². The molecule has 1 rings (SSSR count). The summed E-state index contributed by atoms with van der Waals surface area (Å²) in [5, 5.41) is 3.40. The minimum atomic E-state index is 0.511. The lowest BCUT2D eigenvalue weighted by Crippen LogP contribution is -2.29. The van der Waals surface area contributed by atoms with Gasteiger partial charge in [0.2, 0.25) is 0 Å². The summed E-state index contributed by atoms with van der Waals surface area (Å²) in [7, 11) is 0. The van der Waals surface area contributed by atoms with E-state index < -0.39 is 0 Å². The van der Waals surface area contributed by atoms with Gasteiger partial charge in [-0.25, -0.2) is 0 Å². The molecule has 1 saturated heterocycles. The van der Waals surface area contributed by atoms with Crippen LogP contribution in [0.25, 0.3) is 0 Å². The summed E-state index contributed by atoms with van der Waals surface area (Å²) in [4.78, 5) is 2.52. The summed E-state index contributed by atoms with van der Waals surface area (Å²) in [6, 6.07) is 0. The fraction of sp³-hybridized carbons (Fsp3) is 0.846. The van der Waals surface area contributed by atoms with Crippen LogP contribution < -0.4 is 5.32 Å². The first-order chi connectivity index (χ1) is 7.03. The van der Waals surface area contributed by atoms with Crippen LogP contribution in [0.2, 0.25) is 0 Å². The molecular weight excluding hydrogens is 184 g/mol. The molecule has 2 heteroatoms.